The molecule has 20 heavy (non-hydrogen) atoms. The fraction of sp³-hybridized carbons (Fsp3) is 0.533. The molecule has 1 aromatic heterocycles. The molecule has 1 aliphatic heterocycles. The van der Waals surface area contributed by atoms with Crippen molar-refractivity contribution in [2.75, 3.05) is 18.0 Å². The molecule has 1 fully saturated rings. The molecule has 0 saturated carbocycles. The zero-order chi connectivity index (χ0) is 14.4. The number of aliphatic carboxylic acids is 1. The van der Waals surface area contributed by atoms with E-state index in [1.54, 1.807) is 12.4 Å². The largest absolute Gasteiger partial charge is 0.478 e. The number of piperidine rings is 1. The van der Waals surface area contributed by atoms with Gasteiger partial charge in [-0.2, -0.15) is 0 Å². The molecule has 108 valence electrons. The summed E-state index contributed by atoms with van der Waals surface area (Å²) in [4.78, 5) is 21.3. The lowest BCUT2D eigenvalue weighted by Gasteiger charge is -2.31. The van der Waals surface area contributed by atoms with Crippen LogP contribution in [0, 0.1) is 5.92 Å². The molecular formula is C15H21N3O2. The van der Waals surface area contributed by atoms with Crippen molar-refractivity contribution in [1.82, 2.24) is 9.97 Å². The molecule has 1 N–H and O–H groups in total. The number of carboxylic acid groups (broad SMARTS) is 1. The highest BCUT2D eigenvalue weighted by Crippen LogP contribution is 2.23. The third-order valence-electron chi connectivity index (χ3n) is 3.67. The van der Waals surface area contributed by atoms with Gasteiger partial charge in [0.25, 0.3) is 0 Å². The lowest BCUT2D eigenvalue weighted by Crippen LogP contribution is -2.34. The minimum atomic E-state index is -0.966. The zero-order valence-corrected chi connectivity index (χ0v) is 11.8. The zero-order valence-electron chi connectivity index (χ0n) is 11.8. The minimum Gasteiger partial charge on any atom is -0.478 e. The quantitative estimate of drug-likeness (QED) is 0.837. The topological polar surface area (TPSA) is 66.3 Å². The van der Waals surface area contributed by atoms with Crippen LogP contribution in [-0.4, -0.2) is 34.1 Å². The maximum atomic E-state index is 10.4. The molecule has 1 saturated heterocycles. The molecule has 0 bridgehead atoms. The average molecular weight is 275 g/mol. The van der Waals surface area contributed by atoms with Crippen LogP contribution in [0.1, 0.15) is 38.2 Å². The van der Waals surface area contributed by atoms with Crippen LogP contribution >= 0.6 is 0 Å². The second kappa shape index (κ2) is 7.03. The van der Waals surface area contributed by atoms with E-state index in [-0.39, 0.29) is 0 Å². The molecule has 0 atom stereocenters. The van der Waals surface area contributed by atoms with Crippen LogP contribution < -0.4 is 4.90 Å². The smallest absolute Gasteiger partial charge is 0.328 e. The predicted molar refractivity (Wildman–Crippen MR) is 78.5 cm³/mol. The Bertz CT molecular complexity index is 463. The number of anilines is 1. The van der Waals surface area contributed by atoms with E-state index in [1.807, 2.05) is 0 Å². The van der Waals surface area contributed by atoms with Crippen molar-refractivity contribution >= 4 is 18.0 Å². The van der Waals surface area contributed by atoms with Gasteiger partial charge in [-0.3, -0.25) is 0 Å². The number of carboxylic acids is 1. The van der Waals surface area contributed by atoms with Crippen molar-refractivity contribution in [2.24, 2.45) is 5.92 Å². The Hall–Kier alpha value is -1.91. The molecule has 0 aliphatic carbocycles. The third kappa shape index (κ3) is 4.05. The van der Waals surface area contributed by atoms with Crippen molar-refractivity contribution in [3.63, 3.8) is 0 Å². The molecule has 0 spiro atoms. The van der Waals surface area contributed by atoms with Gasteiger partial charge in [-0.15, -0.1) is 0 Å². The lowest BCUT2D eigenvalue weighted by atomic mass is 9.93. The van der Waals surface area contributed by atoms with Crippen LogP contribution in [-0.2, 0) is 4.79 Å². The lowest BCUT2D eigenvalue weighted by molar-refractivity contribution is -0.131. The number of hydrogen-bond donors (Lipinski definition) is 1. The second-order valence-corrected chi connectivity index (χ2v) is 5.21. The normalized spacial score (nSPS) is 16.8. The summed E-state index contributed by atoms with van der Waals surface area (Å²) >= 11 is 0. The SMILES string of the molecule is CCCC1CCN(c2ncc(/C=C/C(=O)O)cn2)CC1. The van der Waals surface area contributed by atoms with E-state index >= 15 is 0 Å². The van der Waals surface area contributed by atoms with Gasteiger partial charge >= 0.3 is 5.97 Å². The average Bonchev–Trinajstić information content (AvgIpc) is 2.47. The monoisotopic (exact) mass is 275 g/mol. The standard InChI is InChI=1S/C15H21N3O2/c1-2-3-12-6-8-18(9-7-12)15-16-10-13(11-17-15)4-5-14(19)20/h4-5,10-12H,2-3,6-9H2,1H3,(H,19,20)/b5-4+. The summed E-state index contributed by atoms with van der Waals surface area (Å²) in [5.74, 6) is 0.619. The van der Waals surface area contributed by atoms with Gasteiger partial charge in [0.15, 0.2) is 0 Å². The highest BCUT2D eigenvalue weighted by atomic mass is 16.4. The van der Waals surface area contributed by atoms with E-state index < -0.39 is 5.97 Å². The third-order valence-corrected chi connectivity index (χ3v) is 3.67. The summed E-state index contributed by atoms with van der Waals surface area (Å²) in [6.07, 6.45) is 10.9. The molecular weight excluding hydrogens is 254 g/mol. The Morgan fingerprint density at radius 3 is 2.60 bits per heavy atom. The van der Waals surface area contributed by atoms with Crippen molar-refractivity contribution < 1.29 is 9.90 Å². The molecule has 1 aromatic rings. The molecule has 1 aliphatic rings. The van der Waals surface area contributed by atoms with Crippen molar-refractivity contribution in [2.45, 2.75) is 32.6 Å². The van der Waals surface area contributed by atoms with Gasteiger partial charge in [0.1, 0.15) is 0 Å². The number of hydrogen-bond acceptors (Lipinski definition) is 4. The first-order valence-electron chi connectivity index (χ1n) is 7.17. The maximum absolute atomic E-state index is 10.4. The predicted octanol–water partition coefficient (Wildman–Crippen LogP) is 2.59. The fourth-order valence-corrected chi connectivity index (χ4v) is 2.58. The first-order valence-corrected chi connectivity index (χ1v) is 7.17. The second-order valence-electron chi connectivity index (χ2n) is 5.21. The van der Waals surface area contributed by atoms with Gasteiger partial charge in [-0.1, -0.05) is 19.8 Å². The van der Waals surface area contributed by atoms with E-state index in [4.69, 9.17) is 5.11 Å². The van der Waals surface area contributed by atoms with Crippen molar-refractivity contribution in [3.05, 3.63) is 24.0 Å². The van der Waals surface area contributed by atoms with Crippen LogP contribution in [0.2, 0.25) is 0 Å². The maximum Gasteiger partial charge on any atom is 0.328 e. The Morgan fingerprint density at radius 1 is 1.40 bits per heavy atom. The number of nitrogens with zero attached hydrogens (tertiary/aromatic N) is 3. The minimum absolute atomic E-state index is 0.706. The Morgan fingerprint density at radius 2 is 2.05 bits per heavy atom. The van der Waals surface area contributed by atoms with Crippen LogP contribution in [0.5, 0.6) is 0 Å². The van der Waals surface area contributed by atoms with Gasteiger partial charge in [-0.25, -0.2) is 14.8 Å². The van der Waals surface area contributed by atoms with Crippen molar-refractivity contribution in [1.29, 1.82) is 0 Å². The summed E-state index contributed by atoms with van der Waals surface area (Å²) in [7, 11) is 0. The summed E-state index contributed by atoms with van der Waals surface area (Å²) < 4.78 is 0. The van der Waals surface area contributed by atoms with Gasteiger partial charge in [0, 0.05) is 37.1 Å². The van der Waals surface area contributed by atoms with Crippen molar-refractivity contribution in [3.8, 4) is 0 Å². The summed E-state index contributed by atoms with van der Waals surface area (Å²) in [5, 5.41) is 8.57. The van der Waals surface area contributed by atoms with Crippen LogP contribution in [0.25, 0.3) is 6.08 Å². The van der Waals surface area contributed by atoms with Gasteiger partial charge in [-0.05, 0) is 24.8 Å². The van der Waals surface area contributed by atoms with Crippen LogP contribution in [0.3, 0.4) is 0 Å². The fourth-order valence-electron chi connectivity index (χ4n) is 2.58. The van der Waals surface area contributed by atoms with E-state index in [9.17, 15) is 4.79 Å². The molecule has 0 aromatic carbocycles. The Labute approximate surface area is 119 Å². The van der Waals surface area contributed by atoms with Gasteiger partial charge in [0.2, 0.25) is 5.95 Å². The van der Waals surface area contributed by atoms with E-state index in [0.29, 0.717) is 5.56 Å². The number of rotatable bonds is 5. The number of carbonyl (C=O) groups is 1. The molecule has 5 nitrogen and oxygen atoms in total. The van der Waals surface area contributed by atoms with E-state index in [2.05, 4.69) is 21.8 Å². The Kier molecular flexibility index (Phi) is 5.09. The number of aromatic nitrogens is 2. The first kappa shape index (κ1) is 14.5. The summed E-state index contributed by atoms with van der Waals surface area (Å²) in [6, 6.07) is 0. The summed E-state index contributed by atoms with van der Waals surface area (Å²) in [6.45, 7) is 4.25. The molecule has 0 unspecified atom stereocenters. The van der Waals surface area contributed by atoms with E-state index in [0.717, 1.165) is 31.0 Å². The Balaban J connectivity index is 1.92. The van der Waals surface area contributed by atoms with E-state index in [1.165, 1.54) is 31.8 Å². The van der Waals surface area contributed by atoms with Crippen LogP contribution in [0.4, 0.5) is 5.95 Å². The highest BCUT2D eigenvalue weighted by molar-refractivity contribution is 5.85. The van der Waals surface area contributed by atoms with Gasteiger partial charge < -0.3 is 10.0 Å². The van der Waals surface area contributed by atoms with Gasteiger partial charge in [0.05, 0.1) is 0 Å². The molecule has 2 rings (SSSR count). The molecule has 5 heteroatoms. The molecule has 0 amide bonds. The first-order chi connectivity index (χ1) is 9.69. The van der Waals surface area contributed by atoms with Crippen LogP contribution in [0.15, 0.2) is 18.5 Å². The molecule has 0 radical (unpaired) electrons. The highest BCUT2D eigenvalue weighted by Gasteiger charge is 2.19. The summed E-state index contributed by atoms with van der Waals surface area (Å²) in [5.41, 5.74) is 0.706. The molecule has 2 heterocycles.